The van der Waals surface area contributed by atoms with Crippen molar-refractivity contribution in [3.05, 3.63) is 69.4 Å². The summed E-state index contributed by atoms with van der Waals surface area (Å²) in [5.74, 6) is 0.565. The molecule has 0 aliphatic heterocycles. The summed E-state index contributed by atoms with van der Waals surface area (Å²) in [4.78, 5) is 30.9. The Hall–Kier alpha value is -3.09. The van der Waals surface area contributed by atoms with Crippen LogP contribution in [0.15, 0.2) is 52.6 Å². The number of fused-ring (bicyclic) bond motifs is 1. The molecule has 0 fully saturated rings. The average Bonchev–Trinajstić information content (AvgIpc) is 2.98. The first-order chi connectivity index (χ1) is 12.1. The summed E-state index contributed by atoms with van der Waals surface area (Å²) in [5, 5.41) is 3.14. The highest BCUT2D eigenvalue weighted by atomic mass is 16.2. The van der Waals surface area contributed by atoms with Crippen molar-refractivity contribution in [1.82, 2.24) is 19.1 Å². The van der Waals surface area contributed by atoms with E-state index in [9.17, 15) is 9.59 Å². The Bertz CT molecular complexity index is 998. The third-order valence-electron chi connectivity index (χ3n) is 4.10. The van der Waals surface area contributed by atoms with Gasteiger partial charge in [0.2, 0.25) is 5.95 Å². The van der Waals surface area contributed by atoms with Gasteiger partial charge in [-0.2, -0.15) is 4.98 Å². The minimum absolute atomic E-state index is 0.375. The lowest BCUT2D eigenvalue weighted by Crippen LogP contribution is -2.29. The standard InChI is InChI=1S/C18H21N5O2/c1-3-11-19-17-20-15-14(16(24)21-18(25)22(15)2)23(17)12-7-10-13-8-5-4-6-9-13/h3-6,8-9H,1,7,10-12H2,2H3,(H,19,20)(H,21,24,25). The first-order valence-corrected chi connectivity index (χ1v) is 8.20. The van der Waals surface area contributed by atoms with Crippen molar-refractivity contribution in [2.45, 2.75) is 19.4 Å². The Kier molecular flexibility index (Phi) is 4.83. The van der Waals surface area contributed by atoms with Crippen LogP contribution in [0.2, 0.25) is 0 Å². The molecule has 3 aromatic rings. The van der Waals surface area contributed by atoms with Crippen molar-refractivity contribution in [3.63, 3.8) is 0 Å². The Morgan fingerprint density at radius 3 is 2.76 bits per heavy atom. The van der Waals surface area contributed by atoms with E-state index in [1.807, 2.05) is 22.8 Å². The zero-order valence-electron chi connectivity index (χ0n) is 14.2. The third-order valence-corrected chi connectivity index (χ3v) is 4.10. The summed E-state index contributed by atoms with van der Waals surface area (Å²) in [6.45, 7) is 4.83. The van der Waals surface area contributed by atoms with Gasteiger partial charge in [-0.05, 0) is 18.4 Å². The summed E-state index contributed by atoms with van der Waals surface area (Å²) >= 11 is 0. The molecular formula is C18H21N5O2. The van der Waals surface area contributed by atoms with Crippen molar-refractivity contribution in [3.8, 4) is 0 Å². The summed E-state index contributed by atoms with van der Waals surface area (Å²) in [6, 6.07) is 10.2. The molecule has 25 heavy (non-hydrogen) atoms. The number of nitrogens with one attached hydrogen (secondary N) is 2. The van der Waals surface area contributed by atoms with Crippen molar-refractivity contribution in [2.24, 2.45) is 7.05 Å². The summed E-state index contributed by atoms with van der Waals surface area (Å²) in [5.41, 5.74) is 1.13. The van der Waals surface area contributed by atoms with E-state index < -0.39 is 11.2 Å². The number of hydrogen-bond donors (Lipinski definition) is 2. The number of aromatic amines is 1. The Balaban J connectivity index is 1.96. The molecule has 2 aromatic heterocycles. The third kappa shape index (κ3) is 3.40. The number of nitrogens with zero attached hydrogens (tertiary/aromatic N) is 3. The van der Waals surface area contributed by atoms with Gasteiger partial charge in [0, 0.05) is 20.1 Å². The highest BCUT2D eigenvalue weighted by Crippen LogP contribution is 2.16. The molecule has 2 heterocycles. The average molecular weight is 339 g/mol. The van der Waals surface area contributed by atoms with Gasteiger partial charge in [0.1, 0.15) is 0 Å². The number of aromatic nitrogens is 4. The minimum atomic E-state index is -0.471. The molecule has 0 saturated carbocycles. The number of anilines is 1. The highest BCUT2D eigenvalue weighted by molar-refractivity contribution is 5.74. The molecule has 2 N–H and O–H groups in total. The van der Waals surface area contributed by atoms with E-state index in [-0.39, 0.29) is 0 Å². The summed E-state index contributed by atoms with van der Waals surface area (Å²) < 4.78 is 3.18. The quantitative estimate of drug-likeness (QED) is 0.641. The predicted molar refractivity (Wildman–Crippen MR) is 99.0 cm³/mol. The number of imidazole rings is 1. The smallest absolute Gasteiger partial charge is 0.329 e. The maximum absolute atomic E-state index is 12.3. The lowest BCUT2D eigenvalue weighted by molar-refractivity contribution is 0.659. The van der Waals surface area contributed by atoms with E-state index in [0.29, 0.717) is 30.2 Å². The molecule has 3 rings (SSSR count). The van der Waals surface area contributed by atoms with Gasteiger partial charge >= 0.3 is 5.69 Å². The fourth-order valence-electron chi connectivity index (χ4n) is 2.84. The number of rotatable bonds is 7. The molecule has 0 saturated heterocycles. The molecule has 7 heteroatoms. The zero-order chi connectivity index (χ0) is 17.8. The zero-order valence-corrected chi connectivity index (χ0v) is 14.2. The molecular weight excluding hydrogens is 318 g/mol. The summed E-state index contributed by atoms with van der Waals surface area (Å²) in [6.07, 6.45) is 3.46. The van der Waals surface area contributed by atoms with Gasteiger partial charge in [-0.15, -0.1) is 6.58 Å². The van der Waals surface area contributed by atoms with Gasteiger partial charge in [0.25, 0.3) is 5.56 Å². The molecule has 0 atom stereocenters. The van der Waals surface area contributed by atoms with Crippen LogP contribution >= 0.6 is 0 Å². The maximum Gasteiger partial charge on any atom is 0.329 e. The van der Waals surface area contributed by atoms with Gasteiger partial charge in [-0.25, -0.2) is 4.79 Å². The van der Waals surface area contributed by atoms with E-state index in [0.717, 1.165) is 12.8 Å². The van der Waals surface area contributed by atoms with Crippen molar-refractivity contribution in [2.75, 3.05) is 11.9 Å². The van der Waals surface area contributed by atoms with E-state index in [1.165, 1.54) is 10.1 Å². The number of H-pyrrole nitrogens is 1. The van der Waals surface area contributed by atoms with Crippen LogP contribution < -0.4 is 16.6 Å². The first kappa shape index (κ1) is 16.8. The van der Waals surface area contributed by atoms with E-state index >= 15 is 0 Å². The van der Waals surface area contributed by atoms with E-state index in [4.69, 9.17) is 0 Å². The molecule has 0 radical (unpaired) electrons. The first-order valence-electron chi connectivity index (χ1n) is 8.20. The topological polar surface area (TPSA) is 84.7 Å². The molecule has 130 valence electrons. The van der Waals surface area contributed by atoms with Gasteiger partial charge in [0.05, 0.1) is 0 Å². The van der Waals surface area contributed by atoms with Gasteiger partial charge in [0.15, 0.2) is 11.2 Å². The van der Waals surface area contributed by atoms with Crippen LogP contribution in [0.1, 0.15) is 12.0 Å². The second-order valence-electron chi connectivity index (χ2n) is 5.84. The fraction of sp³-hybridized carbons (Fsp3) is 0.278. The lowest BCUT2D eigenvalue weighted by Gasteiger charge is -2.09. The van der Waals surface area contributed by atoms with Crippen LogP contribution in [0.25, 0.3) is 11.2 Å². The molecule has 1 aromatic carbocycles. The van der Waals surface area contributed by atoms with Crippen molar-refractivity contribution < 1.29 is 0 Å². The molecule has 0 aliphatic rings. The largest absolute Gasteiger partial charge is 0.352 e. The lowest BCUT2D eigenvalue weighted by atomic mass is 10.1. The maximum atomic E-state index is 12.3. The van der Waals surface area contributed by atoms with E-state index in [1.54, 1.807) is 13.1 Å². The molecule has 0 aliphatic carbocycles. The van der Waals surface area contributed by atoms with Crippen LogP contribution in [0.4, 0.5) is 5.95 Å². The number of hydrogen-bond acceptors (Lipinski definition) is 4. The second kappa shape index (κ2) is 7.21. The Labute approximate surface area is 144 Å². The minimum Gasteiger partial charge on any atom is -0.352 e. The van der Waals surface area contributed by atoms with Crippen LogP contribution in [0.5, 0.6) is 0 Å². The molecule has 0 bridgehead atoms. The van der Waals surface area contributed by atoms with Gasteiger partial charge in [-0.3, -0.25) is 14.3 Å². The molecule has 0 amide bonds. The highest BCUT2D eigenvalue weighted by Gasteiger charge is 2.16. The monoisotopic (exact) mass is 339 g/mol. The second-order valence-corrected chi connectivity index (χ2v) is 5.84. The van der Waals surface area contributed by atoms with Crippen LogP contribution in [-0.2, 0) is 20.0 Å². The molecule has 7 nitrogen and oxygen atoms in total. The fourth-order valence-corrected chi connectivity index (χ4v) is 2.84. The van der Waals surface area contributed by atoms with Gasteiger partial charge in [-0.1, -0.05) is 36.4 Å². The Morgan fingerprint density at radius 1 is 1.28 bits per heavy atom. The van der Waals surface area contributed by atoms with E-state index in [2.05, 4.69) is 34.0 Å². The van der Waals surface area contributed by atoms with Crippen molar-refractivity contribution in [1.29, 1.82) is 0 Å². The van der Waals surface area contributed by atoms with Crippen LogP contribution in [-0.4, -0.2) is 25.6 Å². The summed E-state index contributed by atoms with van der Waals surface area (Å²) in [7, 11) is 1.60. The molecule has 0 spiro atoms. The van der Waals surface area contributed by atoms with Gasteiger partial charge < -0.3 is 9.88 Å². The van der Waals surface area contributed by atoms with Crippen LogP contribution in [0, 0.1) is 0 Å². The van der Waals surface area contributed by atoms with Crippen molar-refractivity contribution >= 4 is 17.1 Å². The molecule has 0 unspecified atom stereocenters. The Morgan fingerprint density at radius 2 is 2.04 bits per heavy atom. The number of aryl methyl sites for hydroxylation is 3. The van der Waals surface area contributed by atoms with Crippen LogP contribution in [0.3, 0.4) is 0 Å². The normalized spacial score (nSPS) is 10.9. The SMILES string of the molecule is C=CCNc1nc2c(c(=O)[nH]c(=O)n2C)n1CCCc1ccccc1. The number of benzene rings is 1. The predicted octanol–water partition coefficient (Wildman–Crippen LogP) is 1.65.